The normalized spacial score (nSPS) is 10.0. The Morgan fingerprint density at radius 1 is 1.43 bits per heavy atom. The van der Waals surface area contributed by atoms with E-state index in [1.807, 2.05) is 0 Å². The van der Waals surface area contributed by atoms with Crippen LogP contribution in [0, 0.1) is 0 Å². The fourth-order valence-electron chi connectivity index (χ4n) is 0. The first-order valence-corrected chi connectivity index (χ1v) is 2.38. The molecule has 7 heavy (non-hydrogen) atoms. The Hall–Kier alpha value is 1.47. The van der Waals surface area contributed by atoms with Gasteiger partial charge in [0.1, 0.15) is 0 Å². The molecule has 0 unspecified atom stereocenters. The third-order valence-corrected chi connectivity index (χ3v) is 0.346. The van der Waals surface area contributed by atoms with Gasteiger partial charge in [0.2, 0.25) is 0 Å². The van der Waals surface area contributed by atoms with Gasteiger partial charge in [0, 0.05) is 0 Å². The van der Waals surface area contributed by atoms with E-state index in [0.29, 0.717) is 4.89 Å². The van der Waals surface area contributed by atoms with Crippen molar-refractivity contribution in [3.63, 3.8) is 0 Å². The number of nitrogens with one attached hydrogen (secondary N) is 1. The van der Waals surface area contributed by atoms with Gasteiger partial charge in [-0.2, -0.15) is 8.42 Å². The van der Waals surface area contributed by atoms with Crippen LogP contribution < -0.4 is 4.89 Å². The van der Waals surface area contributed by atoms with Gasteiger partial charge < -0.3 is 5.21 Å². The van der Waals surface area contributed by atoms with E-state index in [1.165, 1.54) is 0 Å². The predicted molar refractivity (Wildman–Crippen MR) is 23.6 cm³/mol. The van der Waals surface area contributed by atoms with Crippen LogP contribution in [0.1, 0.15) is 0 Å². The van der Waals surface area contributed by atoms with Crippen LogP contribution in [-0.4, -0.2) is 69.6 Å². The Morgan fingerprint density at radius 3 is 1.57 bits per heavy atom. The standard InChI is InChI=1S/K.H3NO4S.H/c;2-1-6(3,4)5;/h;1-2H,(H,3,4,5);. The molecule has 0 fully saturated rings. The quantitative estimate of drug-likeness (QED) is 0.234. The monoisotopic (exact) mass is 153 g/mol. The van der Waals surface area contributed by atoms with E-state index in [0.717, 1.165) is 0 Å². The van der Waals surface area contributed by atoms with E-state index in [9.17, 15) is 8.42 Å². The predicted octanol–water partition coefficient (Wildman–Crippen LogP) is -1.88. The first kappa shape index (κ1) is 11.3. The summed E-state index contributed by atoms with van der Waals surface area (Å²) in [7, 11) is -4.36. The Labute approximate surface area is 83.4 Å². The summed E-state index contributed by atoms with van der Waals surface area (Å²) in [4.78, 5) is 0.632. The maximum absolute atomic E-state index is 9.19. The zero-order valence-corrected chi connectivity index (χ0v) is 3.44. The summed E-state index contributed by atoms with van der Waals surface area (Å²) < 4.78 is 25.8. The van der Waals surface area contributed by atoms with Crippen molar-refractivity contribution in [3.8, 4) is 0 Å². The van der Waals surface area contributed by atoms with Gasteiger partial charge in [0.15, 0.2) is 0 Å². The Morgan fingerprint density at radius 2 is 1.57 bits per heavy atom. The summed E-state index contributed by atoms with van der Waals surface area (Å²) in [5.74, 6) is 0. The minimum atomic E-state index is -4.36. The minimum absolute atomic E-state index is 0. The van der Waals surface area contributed by atoms with E-state index >= 15 is 0 Å². The third kappa shape index (κ3) is 11.2. The number of hydrogen-bond acceptors (Lipinski definition) is 3. The molecule has 0 aliphatic carbocycles. The summed E-state index contributed by atoms with van der Waals surface area (Å²) in [6.07, 6.45) is 0. The van der Waals surface area contributed by atoms with Gasteiger partial charge in [-0.05, 0) is 0 Å². The SMILES string of the molecule is O=S(=O)(O)NO.[KH]. The molecule has 0 spiro atoms. The molecule has 0 amide bonds. The van der Waals surface area contributed by atoms with Crippen LogP contribution in [0.3, 0.4) is 0 Å². The summed E-state index contributed by atoms with van der Waals surface area (Å²) >= 11 is 0. The summed E-state index contributed by atoms with van der Waals surface area (Å²) in [5, 5.41) is 7.31. The van der Waals surface area contributed by atoms with Crippen LogP contribution in [0.5, 0.6) is 0 Å². The second kappa shape index (κ2) is 4.36. The molecule has 5 nitrogen and oxygen atoms in total. The molecule has 7 heteroatoms. The molecule has 0 rings (SSSR count). The average molecular weight is 153 g/mol. The zero-order chi connectivity index (χ0) is 5.21. The van der Waals surface area contributed by atoms with E-state index in [1.54, 1.807) is 0 Å². The Balaban J connectivity index is 0. The number of rotatable bonds is 1. The third-order valence-electron chi connectivity index (χ3n) is 0.115. The van der Waals surface area contributed by atoms with Crippen LogP contribution >= 0.6 is 0 Å². The first-order chi connectivity index (χ1) is 2.56. The zero-order valence-electron chi connectivity index (χ0n) is 2.62. The van der Waals surface area contributed by atoms with Crippen LogP contribution in [0.15, 0.2) is 0 Å². The topological polar surface area (TPSA) is 86.6 Å². The van der Waals surface area contributed by atoms with Crippen molar-refractivity contribution < 1.29 is 18.2 Å². The van der Waals surface area contributed by atoms with Crippen molar-refractivity contribution >= 4 is 61.7 Å². The molecule has 40 valence electrons. The second-order valence-corrected chi connectivity index (χ2v) is 1.70. The summed E-state index contributed by atoms with van der Waals surface area (Å²) in [6.45, 7) is 0. The second-order valence-electron chi connectivity index (χ2n) is 0.566. The van der Waals surface area contributed by atoms with Crippen molar-refractivity contribution in [2.24, 2.45) is 0 Å². The van der Waals surface area contributed by atoms with Crippen LogP contribution in [-0.2, 0) is 10.3 Å². The van der Waals surface area contributed by atoms with Gasteiger partial charge in [-0.3, -0.25) is 4.55 Å². The van der Waals surface area contributed by atoms with Gasteiger partial charge in [-0.25, -0.2) is 0 Å². The molecule has 3 N–H and O–H groups in total. The van der Waals surface area contributed by atoms with Crippen LogP contribution in [0.2, 0.25) is 0 Å². The fourth-order valence-corrected chi connectivity index (χ4v) is 0. The van der Waals surface area contributed by atoms with E-state index in [2.05, 4.69) is 0 Å². The van der Waals surface area contributed by atoms with Gasteiger partial charge >= 0.3 is 61.7 Å². The molecular weight excluding hydrogens is 149 g/mol. The van der Waals surface area contributed by atoms with Crippen molar-refractivity contribution in [3.05, 3.63) is 0 Å². The molecule has 0 saturated heterocycles. The van der Waals surface area contributed by atoms with E-state index in [4.69, 9.17) is 9.76 Å². The average Bonchev–Trinajstić information content (AvgIpc) is 1.35. The molecule has 0 aliphatic rings. The number of hydrogen-bond donors (Lipinski definition) is 3. The van der Waals surface area contributed by atoms with Crippen molar-refractivity contribution in [1.29, 1.82) is 0 Å². The molecule has 0 aliphatic heterocycles. The van der Waals surface area contributed by atoms with Crippen LogP contribution in [0.25, 0.3) is 0 Å². The molecule has 0 saturated carbocycles. The van der Waals surface area contributed by atoms with E-state index in [-0.39, 0.29) is 51.4 Å². The van der Waals surface area contributed by atoms with Crippen molar-refractivity contribution in [2.45, 2.75) is 0 Å². The van der Waals surface area contributed by atoms with Gasteiger partial charge in [-0.1, -0.05) is 4.89 Å². The van der Waals surface area contributed by atoms with E-state index < -0.39 is 10.3 Å². The Bertz CT molecular complexity index is 114. The molecule has 0 aromatic carbocycles. The maximum atomic E-state index is 9.19. The molecule has 0 bridgehead atoms. The van der Waals surface area contributed by atoms with Crippen molar-refractivity contribution in [1.82, 2.24) is 4.89 Å². The molecule has 0 atom stereocenters. The molecule has 0 radical (unpaired) electrons. The molecular formula is H4KNO4S. The van der Waals surface area contributed by atoms with Crippen molar-refractivity contribution in [2.75, 3.05) is 0 Å². The fraction of sp³-hybridized carbons (Fsp3) is 0. The van der Waals surface area contributed by atoms with Crippen LogP contribution in [0.4, 0.5) is 0 Å². The summed E-state index contributed by atoms with van der Waals surface area (Å²) in [5.41, 5.74) is 0. The molecule has 0 aromatic heterocycles. The molecule has 0 heterocycles. The summed E-state index contributed by atoms with van der Waals surface area (Å²) in [6, 6.07) is 0. The van der Waals surface area contributed by atoms with Gasteiger partial charge in [-0.15, -0.1) is 0 Å². The van der Waals surface area contributed by atoms with Gasteiger partial charge in [0.25, 0.3) is 0 Å². The van der Waals surface area contributed by atoms with Gasteiger partial charge in [0.05, 0.1) is 0 Å². The Kier molecular flexibility index (Phi) is 7.02. The molecule has 0 aromatic rings. The first-order valence-electron chi connectivity index (χ1n) is 0.944.